The third kappa shape index (κ3) is 9.99. The van der Waals surface area contributed by atoms with Gasteiger partial charge in [-0.25, -0.2) is 18.6 Å². The Hall–Kier alpha value is -5.03. The monoisotopic (exact) mass is 764 g/mol. The van der Waals surface area contributed by atoms with Crippen molar-refractivity contribution in [3.05, 3.63) is 89.9 Å². The van der Waals surface area contributed by atoms with Crippen LogP contribution in [0.4, 0.5) is 13.6 Å². The van der Waals surface area contributed by atoms with Crippen LogP contribution in [-0.4, -0.2) is 120 Å². The molecule has 3 N–H and O–H groups in total. The first-order valence-electron chi connectivity index (χ1n) is 18.5. The summed E-state index contributed by atoms with van der Waals surface area (Å²) < 4.78 is 48.5. The van der Waals surface area contributed by atoms with Gasteiger partial charge in [0.1, 0.15) is 29.7 Å². The summed E-state index contributed by atoms with van der Waals surface area (Å²) in [6.45, 7) is 3.85. The SMILES string of the molecule is C[C@H](O)C(=O)N(C[C@H]1CNC[C@@H]1OC(=O)NCCOCCN1C(=O)C=CC1=O)[C@@H](c1nc(-c2cc(F)ccc2F)cn1Cc1ccccc1)C1CCOCC1. The maximum atomic E-state index is 15.2. The van der Waals surface area contributed by atoms with Crippen molar-refractivity contribution in [3.8, 4) is 11.3 Å². The number of nitrogens with one attached hydrogen (secondary N) is 2. The molecule has 3 aliphatic rings. The normalized spacial score (nSPS) is 19.8. The maximum Gasteiger partial charge on any atom is 0.407 e. The Labute approximate surface area is 317 Å². The van der Waals surface area contributed by atoms with Crippen LogP contribution in [-0.2, 0) is 35.1 Å². The lowest BCUT2D eigenvalue weighted by Crippen LogP contribution is -2.49. The number of rotatable bonds is 16. The smallest absolute Gasteiger partial charge is 0.407 e. The zero-order valence-corrected chi connectivity index (χ0v) is 30.6. The van der Waals surface area contributed by atoms with Gasteiger partial charge in [-0.3, -0.25) is 19.3 Å². The van der Waals surface area contributed by atoms with Crippen LogP contribution in [0.15, 0.2) is 66.9 Å². The number of alkyl carbamates (subject to hydrolysis) is 1. The maximum absolute atomic E-state index is 15.2. The lowest BCUT2D eigenvalue weighted by molar-refractivity contribution is -0.146. The van der Waals surface area contributed by atoms with Crippen LogP contribution in [0.3, 0.4) is 0 Å². The number of carbonyl (C=O) groups excluding carboxylic acids is 4. The predicted octanol–water partition coefficient (Wildman–Crippen LogP) is 2.81. The minimum Gasteiger partial charge on any atom is -0.444 e. The molecule has 2 fully saturated rings. The number of benzene rings is 2. The average Bonchev–Trinajstić information content (AvgIpc) is 3.89. The molecule has 4 heterocycles. The van der Waals surface area contributed by atoms with E-state index >= 15 is 4.39 Å². The summed E-state index contributed by atoms with van der Waals surface area (Å²) in [6, 6.07) is 12.0. The Morgan fingerprint density at radius 2 is 1.82 bits per heavy atom. The van der Waals surface area contributed by atoms with Crippen LogP contribution in [0.2, 0.25) is 0 Å². The van der Waals surface area contributed by atoms with E-state index in [1.54, 1.807) is 11.1 Å². The molecule has 0 bridgehead atoms. The van der Waals surface area contributed by atoms with E-state index in [9.17, 15) is 28.7 Å². The first-order chi connectivity index (χ1) is 26.6. The molecule has 0 saturated carbocycles. The number of carbonyl (C=O) groups is 4. The molecule has 294 valence electrons. The van der Waals surface area contributed by atoms with E-state index in [2.05, 4.69) is 10.6 Å². The standard InChI is InChI=1S/C39H46F2N6O8/c1-25(48)38(51)47(23-28-20-42-21-33(28)55-39(52)43-13-17-54-18-14-46-34(49)9-10-35(46)50)36(27-11-15-53-16-12-27)37-44-32(30-19-29(40)7-8-31(30)41)24-45(37)22-26-5-3-2-4-6-26/h2-10,19,24-25,27-28,33,36,42,48H,11-18,20-23H2,1H3,(H,43,52)/t25-,28+,33-,36+/m0/s1. The molecule has 55 heavy (non-hydrogen) atoms. The number of nitrogens with zero attached hydrogens (tertiary/aromatic N) is 4. The summed E-state index contributed by atoms with van der Waals surface area (Å²) >= 11 is 0. The van der Waals surface area contributed by atoms with Crippen LogP contribution in [0.1, 0.15) is 37.2 Å². The molecule has 0 spiro atoms. The molecule has 3 aliphatic heterocycles. The van der Waals surface area contributed by atoms with E-state index in [0.717, 1.165) is 28.7 Å². The molecule has 14 nitrogen and oxygen atoms in total. The fourth-order valence-corrected chi connectivity index (χ4v) is 7.21. The van der Waals surface area contributed by atoms with Crippen LogP contribution < -0.4 is 10.6 Å². The van der Waals surface area contributed by atoms with Crippen molar-refractivity contribution in [2.24, 2.45) is 11.8 Å². The van der Waals surface area contributed by atoms with E-state index in [0.29, 0.717) is 51.5 Å². The van der Waals surface area contributed by atoms with Gasteiger partial charge < -0.3 is 39.4 Å². The molecule has 2 aromatic carbocycles. The summed E-state index contributed by atoms with van der Waals surface area (Å²) in [6.07, 6.45) is 2.50. The molecule has 0 unspecified atom stereocenters. The van der Waals surface area contributed by atoms with Crippen LogP contribution in [0.25, 0.3) is 11.3 Å². The van der Waals surface area contributed by atoms with Crippen molar-refractivity contribution in [1.82, 2.24) is 30.0 Å². The molecular formula is C39H46F2N6O8. The Balaban J connectivity index is 1.22. The molecule has 4 atom stereocenters. The number of hydrogen-bond acceptors (Lipinski definition) is 10. The van der Waals surface area contributed by atoms with Gasteiger partial charge in [0.25, 0.3) is 17.7 Å². The van der Waals surface area contributed by atoms with E-state index in [1.165, 1.54) is 19.1 Å². The minimum absolute atomic E-state index is 0.0221. The second-order valence-corrected chi connectivity index (χ2v) is 13.8. The van der Waals surface area contributed by atoms with Gasteiger partial charge in [-0.2, -0.15) is 0 Å². The summed E-state index contributed by atoms with van der Waals surface area (Å²) in [5, 5.41) is 16.7. The van der Waals surface area contributed by atoms with Gasteiger partial charge in [0, 0.05) is 75.8 Å². The summed E-state index contributed by atoms with van der Waals surface area (Å²) in [5.41, 5.74) is 1.10. The molecule has 1 aromatic heterocycles. The lowest BCUT2D eigenvalue weighted by Gasteiger charge is -2.40. The fraction of sp³-hybridized carbons (Fsp3) is 0.462. The molecular weight excluding hydrogens is 718 g/mol. The Morgan fingerprint density at radius 1 is 1.07 bits per heavy atom. The van der Waals surface area contributed by atoms with Crippen LogP contribution in [0.5, 0.6) is 0 Å². The topological polar surface area (TPSA) is 165 Å². The molecule has 3 aromatic rings. The van der Waals surface area contributed by atoms with Crippen LogP contribution >= 0.6 is 0 Å². The number of aliphatic hydroxyl groups is 1. The summed E-state index contributed by atoms with van der Waals surface area (Å²) in [5.74, 6) is -2.73. The van der Waals surface area contributed by atoms with E-state index in [4.69, 9.17) is 19.2 Å². The zero-order chi connectivity index (χ0) is 38.9. The number of hydrogen-bond donors (Lipinski definition) is 3. The van der Waals surface area contributed by atoms with E-state index < -0.39 is 53.7 Å². The molecule has 4 amide bonds. The number of amides is 4. The number of halogens is 2. The highest BCUT2D eigenvalue weighted by atomic mass is 19.1. The number of aromatic nitrogens is 2. The molecule has 0 aliphatic carbocycles. The van der Waals surface area contributed by atoms with Crippen molar-refractivity contribution < 1.29 is 47.3 Å². The second-order valence-electron chi connectivity index (χ2n) is 13.8. The summed E-state index contributed by atoms with van der Waals surface area (Å²) in [4.78, 5) is 58.0. The van der Waals surface area contributed by atoms with Gasteiger partial charge in [0.2, 0.25) is 0 Å². The highest BCUT2D eigenvalue weighted by molar-refractivity contribution is 6.12. The fourth-order valence-electron chi connectivity index (χ4n) is 7.21. The van der Waals surface area contributed by atoms with Gasteiger partial charge in [0.05, 0.1) is 31.5 Å². The van der Waals surface area contributed by atoms with Crippen molar-refractivity contribution in [1.29, 1.82) is 0 Å². The lowest BCUT2D eigenvalue weighted by atomic mass is 9.88. The Bertz CT molecular complexity index is 1830. The average molecular weight is 765 g/mol. The quantitative estimate of drug-likeness (QED) is 0.146. The Kier molecular flexibility index (Phi) is 13.4. The minimum atomic E-state index is -1.38. The molecule has 2 saturated heterocycles. The third-order valence-corrected chi connectivity index (χ3v) is 10.0. The highest BCUT2D eigenvalue weighted by Crippen LogP contribution is 2.38. The largest absolute Gasteiger partial charge is 0.444 e. The van der Waals surface area contributed by atoms with Gasteiger partial charge in [-0.05, 0) is 49.4 Å². The van der Waals surface area contributed by atoms with Crippen molar-refractivity contribution in [2.45, 2.75) is 44.6 Å². The highest BCUT2D eigenvalue weighted by Gasteiger charge is 2.42. The van der Waals surface area contributed by atoms with Gasteiger partial charge >= 0.3 is 6.09 Å². The van der Waals surface area contributed by atoms with Gasteiger partial charge in [0.15, 0.2) is 0 Å². The Morgan fingerprint density at radius 3 is 2.55 bits per heavy atom. The zero-order valence-electron chi connectivity index (χ0n) is 30.6. The van der Waals surface area contributed by atoms with Gasteiger partial charge in [-0.1, -0.05) is 30.3 Å². The van der Waals surface area contributed by atoms with Crippen molar-refractivity contribution in [2.75, 3.05) is 59.2 Å². The van der Waals surface area contributed by atoms with Crippen molar-refractivity contribution in [3.63, 3.8) is 0 Å². The van der Waals surface area contributed by atoms with Gasteiger partial charge in [-0.15, -0.1) is 0 Å². The second kappa shape index (κ2) is 18.5. The molecule has 6 rings (SSSR count). The predicted molar refractivity (Wildman–Crippen MR) is 194 cm³/mol. The first-order valence-corrected chi connectivity index (χ1v) is 18.5. The van der Waals surface area contributed by atoms with E-state index in [1.807, 2.05) is 34.9 Å². The van der Waals surface area contributed by atoms with Crippen LogP contribution in [0, 0.1) is 23.5 Å². The summed E-state index contributed by atoms with van der Waals surface area (Å²) in [7, 11) is 0. The number of imide groups is 1. The molecule has 16 heteroatoms. The number of aliphatic hydroxyl groups excluding tert-OH is 1. The van der Waals surface area contributed by atoms with E-state index in [-0.39, 0.29) is 55.9 Å². The number of imidazole rings is 1. The van der Waals surface area contributed by atoms with Crippen molar-refractivity contribution >= 4 is 23.8 Å². The molecule has 0 radical (unpaired) electrons. The first kappa shape index (κ1) is 39.7. The number of ether oxygens (including phenoxy) is 3. The third-order valence-electron chi connectivity index (χ3n) is 10.0.